The van der Waals surface area contributed by atoms with Crippen LogP contribution in [0.1, 0.15) is 30.4 Å². The number of hydrogen-bond donors (Lipinski definition) is 1. The first-order valence-electron chi connectivity index (χ1n) is 8.74. The smallest absolute Gasteiger partial charge is 0.124 e. The monoisotopic (exact) mass is 314 g/mol. The summed E-state index contributed by atoms with van der Waals surface area (Å²) in [6.07, 6.45) is 6.21. The summed E-state index contributed by atoms with van der Waals surface area (Å²) in [6, 6.07) is 4.33. The highest BCUT2D eigenvalue weighted by Gasteiger charge is 2.32. The second-order valence-electron chi connectivity index (χ2n) is 6.98. The summed E-state index contributed by atoms with van der Waals surface area (Å²) in [6.45, 7) is 6.31. The van der Waals surface area contributed by atoms with Crippen LogP contribution in [0.2, 0.25) is 0 Å². The van der Waals surface area contributed by atoms with Gasteiger partial charge in [-0.15, -0.1) is 0 Å². The van der Waals surface area contributed by atoms with Gasteiger partial charge in [-0.1, -0.05) is 0 Å². The van der Waals surface area contributed by atoms with Crippen molar-refractivity contribution >= 4 is 10.9 Å². The van der Waals surface area contributed by atoms with E-state index in [1.54, 1.807) is 7.11 Å². The zero-order valence-electron chi connectivity index (χ0n) is 14.1. The van der Waals surface area contributed by atoms with Crippen molar-refractivity contribution in [3.63, 3.8) is 0 Å². The van der Waals surface area contributed by atoms with Crippen molar-refractivity contribution in [2.75, 3.05) is 26.8 Å². The SMILES string of the molecule is COc1cc(C)c2[nH]ccc2c1CN1CCC2OCCCC2C1. The maximum absolute atomic E-state index is 5.94. The fraction of sp³-hybridized carbons (Fsp3) is 0.579. The lowest BCUT2D eigenvalue weighted by Crippen LogP contribution is -2.45. The van der Waals surface area contributed by atoms with Gasteiger partial charge in [0.15, 0.2) is 0 Å². The molecule has 0 bridgehead atoms. The molecule has 0 saturated carbocycles. The molecule has 1 aromatic carbocycles. The number of fused-ring (bicyclic) bond motifs is 2. The molecule has 2 fully saturated rings. The highest BCUT2D eigenvalue weighted by atomic mass is 16.5. The lowest BCUT2D eigenvalue weighted by Gasteiger charge is -2.41. The number of piperidine rings is 1. The summed E-state index contributed by atoms with van der Waals surface area (Å²) in [5.41, 5.74) is 3.78. The summed E-state index contributed by atoms with van der Waals surface area (Å²) in [7, 11) is 1.78. The van der Waals surface area contributed by atoms with Gasteiger partial charge in [0, 0.05) is 48.9 Å². The van der Waals surface area contributed by atoms with E-state index in [-0.39, 0.29) is 0 Å². The molecule has 3 heterocycles. The van der Waals surface area contributed by atoms with Gasteiger partial charge in [0.2, 0.25) is 0 Å². The molecule has 2 unspecified atom stereocenters. The molecule has 0 spiro atoms. The number of aromatic nitrogens is 1. The van der Waals surface area contributed by atoms with Gasteiger partial charge in [0.25, 0.3) is 0 Å². The van der Waals surface area contributed by atoms with Crippen LogP contribution in [0.5, 0.6) is 5.75 Å². The van der Waals surface area contributed by atoms with Crippen LogP contribution < -0.4 is 4.74 Å². The first kappa shape index (κ1) is 15.0. The highest BCUT2D eigenvalue weighted by molar-refractivity contribution is 5.88. The Bertz CT molecular complexity index is 694. The third kappa shape index (κ3) is 2.74. The van der Waals surface area contributed by atoms with Gasteiger partial charge in [-0.05, 0) is 49.8 Å². The van der Waals surface area contributed by atoms with E-state index in [9.17, 15) is 0 Å². The number of benzene rings is 1. The highest BCUT2D eigenvalue weighted by Crippen LogP contribution is 2.34. The molecule has 1 aromatic heterocycles. The maximum atomic E-state index is 5.94. The van der Waals surface area contributed by atoms with E-state index in [1.165, 1.54) is 34.9 Å². The molecule has 0 aliphatic carbocycles. The summed E-state index contributed by atoms with van der Waals surface area (Å²) >= 11 is 0. The van der Waals surface area contributed by atoms with Crippen LogP contribution in [0.4, 0.5) is 0 Å². The number of rotatable bonds is 3. The van der Waals surface area contributed by atoms with Gasteiger partial charge in [-0.25, -0.2) is 0 Å². The van der Waals surface area contributed by atoms with Crippen molar-refractivity contribution in [3.8, 4) is 5.75 Å². The molecule has 0 amide bonds. The Kier molecular flexibility index (Phi) is 4.04. The van der Waals surface area contributed by atoms with Crippen molar-refractivity contribution in [1.29, 1.82) is 0 Å². The quantitative estimate of drug-likeness (QED) is 0.942. The van der Waals surface area contributed by atoms with Gasteiger partial charge in [0.05, 0.1) is 13.2 Å². The number of hydrogen-bond acceptors (Lipinski definition) is 3. The van der Waals surface area contributed by atoms with Crippen LogP contribution in [-0.4, -0.2) is 42.8 Å². The molecule has 23 heavy (non-hydrogen) atoms. The molecule has 0 radical (unpaired) electrons. The third-order valence-corrected chi connectivity index (χ3v) is 5.51. The molecule has 4 heteroatoms. The van der Waals surface area contributed by atoms with E-state index >= 15 is 0 Å². The first-order valence-corrected chi connectivity index (χ1v) is 8.74. The molecule has 2 atom stereocenters. The number of nitrogens with one attached hydrogen (secondary N) is 1. The van der Waals surface area contributed by atoms with Gasteiger partial charge < -0.3 is 14.5 Å². The molecule has 1 N–H and O–H groups in total. The van der Waals surface area contributed by atoms with Crippen molar-refractivity contribution in [2.24, 2.45) is 5.92 Å². The standard InChI is InChI=1S/C19H26N2O2/c1-13-10-18(22-2)16(15-5-7-20-19(13)15)12-21-8-6-17-14(11-21)4-3-9-23-17/h5,7,10,14,17,20H,3-4,6,8-9,11-12H2,1-2H3. The van der Waals surface area contributed by atoms with E-state index in [4.69, 9.17) is 9.47 Å². The van der Waals surface area contributed by atoms with Crippen LogP contribution in [-0.2, 0) is 11.3 Å². The summed E-state index contributed by atoms with van der Waals surface area (Å²) in [5.74, 6) is 1.72. The largest absolute Gasteiger partial charge is 0.496 e. The van der Waals surface area contributed by atoms with Crippen molar-refractivity contribution < 1.29 is 9.47 Å². The molecule has 4 nitrogen and oxygen atoms in total. The van der Waals surface area contributed by atoms with E-state index in [1.807, 2.05) is 6.20 Å². The fourth-order valence-corrected chi connectivity index (χ4v) is 4.31. The molecular formula is C19H26N2O2. The number of likely N-dealkylation sites (tertiary alicyclic amines) is 1. The summed E-state index contributed by atoms with van der Waals surface area (Å²) in [5, 5.41) is 1.30. The van der Waals surface area contributed by atoms with E-state index in [0.717, 1.165) is 38.4 Å². The second kappa shape index (κ2) is 6.17. The fourth-order valence-electron chi connectivity index (χ4n) is 4.31. The predicted molar refractivity (Wildman–Crippen MR) is 91.9 cm³/mol. The number of H-pyrrole nitrogens is 1. The number of nitrogens with zero attached hydrogens (tertiary/aromatic N) is 1. The van der Waals surface area contributed by atoms with E-state index in [2.05, 4.69) is 28.9 Å². The Morgan fingerprint density at radius 1 is 1.39 bits per heavy atom. The zero-order chi connectivity index (χ0) is 15.8. The van der Waals surface area contributed by atoms with Crippen molar-refractivity contribution in [1.82, 2.24) is 9.88 Å². The molecule has 2 saturated heterocycles. The second-order valence-corrected chi connectivity index (χ2v) is 6.98. The van der Waals surface area contributed by atoms with Gasteiger partial charge in [0.1, 0.15) is 5.75 Å². The lowest BCUT2D eigenvalue weighted by molar-refractivity contribution is -0.0676. The van der Waals surface area contributed by atoms with Crippen LogP contribution in [0.25, 0.3) is 10.9 Å². The molecule has 2 aliphatic rings. The first-order chi connectivity index (χ1) is 11.3. The lowest BCUT2D eigenvalue weighted by atomic mass is 9.88. The van der Waals surface area contributed by atoms with Crippen LogP contribution in [0, 0.1) is 12.8 Å². The predicted octanol–water partition coefficient (Wildman–Crippen LogP) is 3.49. The number of methoxy groups -OCH3 is 1. The maximum Gasteiger partial charge on any atom is 0.124 e. The number of aromatic amines is 1. The molecule has 2 aromatic rings. The average molecular weight is 314 g/mol. The van der Waals surface area contributed by atoms with E-state index in [0.29, 0.717) is 12.0 Å². The average Bonchev–Trinajstić information content (AvgIpc) is 3.07. The minimum absolute atomic E-state index is 0.493. The van der Waals surface area contributed by atoms with Crippen molar-refractivity contribution in [2.45, 2.75) is 38.8 Å². The minimum atomic E-state index is 0.493. The van der Waals surface area contributed by atoms with E-state index < -0.39 is 0 Å². The van der Waals surface area contributed by atoms with Crippen LogP contribution in [0.3, 0.4) is 0 Å². The normalized spacial score (nSPS) is 25.5. The topological polar surface area (TPSA) is 37.5 Å². The van der Waals surface area contributed by atoms with Gasteiger partial charge in [-0.3, -0.25) is 4.90 Å². The summed E-state index contributed by atoms with van der Waals surface area (Å²) in [4.78, 5) is 5.95. The van der Waals surface area contributed by atoms with Gasteiger partial charge in [-0.2, -0.15) is 0 Å². The molecular weight excluding hydrogens is 288 g/mol. The molecule has 2 aliphatic heterocycles. The Morgan fingerprint density at radius 2 is 2.30 bits per heavy atom. The minimum Gasteiger partial charge on any atom is -0.496 e. The number of ether oxygens (including phenoxy) is 2. The molecule has 4 rings (SSSR count). The van der Waals surface area contributed by atoms with Crippen molar-refractivity contribution in [3.05, 3.63) is 29.5 Å². The molecule has 124 valence electrons. The Labute approximate surface area is 137 Å². The number of aryl methyl sites for hydroxylation is 1. The Hall–Kier alpha value is -1.52. The Morgan fingerprint density at radius 3 is 3.17 bits per heavy atom. The van der Waals surface area contributed by atoms with Crippen LogP contribution >= 0.6 is 0 Å². The third-order valence-electron chi connectivity index (χ3n) is 5.51. The van der Waals surface area contributed by atoms with Gasteiger partial charge >= 0.3 is 0 Å². The summed E-state index contributed by atoms with van der Waals surface area (Å²) < 4.78 is 11.6. The Balaban J connectivity index is 1.60. The zero-order valence-corrected chi connectivity index (χ0v) is 14.1. The van der Waals surface area contributed by atoms with Crippen LogP contribution in [0.15, 0.2) is 18.3 Å².